The normalized spacial score (nSPS) is 16.0. The Kier molecular flexibility index (Phi) is 6.48. The number of amides is 1. The Morgan fingerprint density at radius 2 is 1.63 bits per heavy atom. The average molecular weight is 387 g/mol. The average Bonchev–Trinajstić information content (AvgIpc) is 2.69. The number of benzene rings is 2. The van der Waals surface area contributed by atoms with E-state index in [-0.39, 0.29) is 5.91 Å². The van der Waals surface area contributed by atoms with E-state index in [1.54, 1.807) is 36.1 Å². The molecule has 6 heteroatoms. The maximum atomic E-state index is 12.6. The van der Waals surface area contributed by atoms with Crippen molar-refractivity contribution < 1.29 is 14.3 Å². The van der Waals surface area contributed by atoms with E-state index < -0.39 is 12.1 Å². The fraction of sp³-hybridized carbons (Fsp3) is 0.333. The summed E-state index contributed by atoms with van der Waals surface area (Å²) in [4.78, 5) is 28.8. The van der Waals surface area contributed by atoms with Gasteiger partial charge < -0.3 is 9.64 Å². The highest BCUT2D eigenvalue weighted by molar-refractivity contribution is 6.30. The molecule has 142 valence electrons. The number of esters is 1. The van der Waals surface area contributed by atoms with Crippen LogP contribution in [0.25, 0.3) is 0 Å². The van der Waals surface area contributed by atoms with Gasteiger partial charge in [0.05, 0.1) is 5.56 Å². The largest absolute Gasteiger partial charge is 0.449 e. The SMILES string of the molecule is CC(OC(=O)c1ccc(Cl)cc1)C(=O)N1CCN(Cc2ccccc2)CC1. The fourth-order valence-electron chi connectivity index (χ4n) is 3.09. The first-order valence-corrected chi connectivity index (χ1v) is 9.42. The molecule has 0 N–H and O–H groups in total. The molecular formula is C21H23ClN2O3. The minimum atomic E-state index is -0.811. The maximum absolute atomic E-state index is 12.6. The molecule has 1 fully saturated rings. The van der Waals surface area contributed by atoms with Gasteiger partial charge >= 0.3 is 5.97 Å². The summed E-state index contributed by atoms with van der Waals surface area (Å²) >= 11 is 5.82. The van der Waals surface area contributed by atoms with Crippen molar-refractivity contribution in [3.05, 3.63) is 70.7 Å². The van der Waals surface area contributed by atoms with Crippen molar-refractivity contribution in [2.45, 2.75) is 19.6 Å². The van der Waals surface area contributed by atoms with Crippen LogP contribution in [0.5, 0.6) is 0 Å². The molecule has 2 aromatic carbocycles. The molecule has 1 saturated heterocycles. The van der Waals surface area contributed by atoms with Gasteiger partial charge in [-0.05, 0) is 36.8 Å². The minimum absolute atomic E-state index is 0.156. The van der Waals surface area contributed by atoms with E-state index in [4.69, 9.17) is 16.3 Å². The van der Waals surface area contributed by atoms with Crippen molar-refractivity contribution in [3.8, 4) is 0 Å². The van der Waals surface area contributed by atoms with Gasteiger partial charge in [0, 0.05) is 37.7 Å². The number of carbonyl (C=O) groups is 2. The van der Waals surface area contributed by atoms with E-state index in [2.05, 4.69) is 17.0 Å². The van der Waals surface area contributed by atoms with Gasteiger partial charge in [0.1, 0.15) is 0 Å². The quantitative estimate of drug-likeness (QED) is 0.740. The van der Waals surface area contributed by atoms with Gasteiger partial charge in [0.2, 0.25) is 0 Å². The molecule has 2 aromatic rings. The van der Waals surface area contributed by atoms with Crippen LogP contribution in [0.4, 0.5) is 0 Å². The van der Waals surface area contributed by atoms with Gasteiger partial charge in [0.15, 0.2) is 6.10 Å². The Morgan fingerprint density at radius 1 is 1.00 bits per heavy atom. The van der Waals surface area contributed by atoms with Crippen LogP contribution in [-0.4, -0.2) is 54.0 Å². The minimum Gasteiger partial charge on any atom is -0.449 e. The third-order valence-corrected chi connectivity index (χ3v) is 4.90. The number of rotatable bonds is 5. The molecule has 0 aliphatic carbocycles. The molecule has 1 heterocycles. The lowest BCUT2D eigenvalue weighted by Crippen LogP contribution is -2.51. The van der Waals surface area contributed by atoms with E-state index in [1.807, 2.05) is 18.2 Å². The molecule has 0 saturated carbocycles. The number of ether oxygens (including phenoxy) is 1. The van der Waals surface area contributed by atoms with Crippen molar-refractivity contribution >= 4 is 23.5 Å². The molecule has 0 spiro atoms. The van der Waals surface area contributed by atoms with Crippen molar-refractivity contribution in [1.29, 1.82) is 0 Å². The summed E-state index contributed by atoms with van der Waals surface area (Å²) in [5, 5.41) is 0.545. The van der Waals surface area contributed by atoms with Gasteiger partial charge in [-0.25, -0.2) is 4.79 Å². The van der Waals surface area contributed by atoms with Gasteiger partial charge in [0.25, 0.3) is 5.91 Å². The van der Waals surface area contributed by atoms with E-state index in [0.29, 0.717) is 23.7 Å². The van der Waals surface area contributed by atoms with E-state index in [0.717, 1.165) is 19.6 Å². The highest BCUT2D eigenvalue weighted by Crippen LogP contribution is 2.13. The highest BCUT2D eigenvalue weighted by Gasteiger charge is 2.27. The molecule has 1 amide bonds. The van der Waals surface area contributed by atoms with E-state index >= 15 is 0 Å². The van der Waals surface area contributed by atoms with Crippen LogP contribution in [-0.2, 0) is 16.1 Å². The summed E-state index contributed by atoms with van der Waals surface area (Å²) in [5.74, 6) is -0.674. The lowest BCUT2D eigenvalue weighted by atomic mass is 10.2. The molecule has 1 aliphatic heterocycles. The lowest BCUT2D eigenvalue weighted by Gasteiger charge is -2.35. The zero-order valence-corrected chi connectivity index (χ0v) is 16.1. The topological polar surface area (TPSA) is 49.9 Å². The Bertz CT molecular complexity index is 772. The first-order valence-electron chi connectivity index (χ1n) is 9.04. The predicted octanol–water partition coefficient (Wildman–Crippen LogP) is 3.23. The second-order valence-corrected chi connectivity index (χ2v) is 7.08. The highest BCUT2D eigenvalue weighted by atomic mass is 35.5. The van der Waals surface area contributed by atoms with Crippen LogP contribution in [0.1, 0.15) is 22.8 Å². The van der Waals surface area contributed by atoms with Crippen molar-refractivity contribution in [3.63, 3.8) is 0 Å². The summed E-state index contributed by atoms with van der Waals surface area (Å²) < 4.78 is 5.33. The number of hydrogen-bond acceptors (Lipinski definition) is 4. The number of carbonyl (C=O) groups excluding carboxylic acids is 2. The smallest absolute Gasteiger partial charge is 0.338 e. The standard InChI is InChI=1S/C21H23ClN2O3/c1-16(27-21(26)18-7-9-19(22)10-8-18)20(25)24-13-11-23(12-14-24)15-17-5-3-2-4-6-17/h2-10,16H,11-15H2,1H3. The molecule has 0 aromatic heterocycles. The number of halogens is 1. The zero-order valence-electron chi connectivity index (χ0n) is 15.3. The third-order valence-electron chi connectivity index (χ3n) is 4.64. The lowest BCUT2D eigenvalue weighted by molar-refractivity contribution is -0.141. The zero-order chi connectivity index (χ0) is 19.2. The molecule has 1 atom stereocenters. The van der Waals surface area contributed by atoms with E-state index in [9.17, 15) is 9.59 Å². The molecule has 1 aliphatic rings. The summed E-state index contributed by atoms with van der Waals surface area (Å²) in [7, 11) is 0. The van der Waals surface area contributed by atoms with Gasteiger partial charge in [-0.3, -0.25) is 9.69 Å². The second kappa shape index (κ2) is 9.02. The fourth-order valence-corrected chi connectivity index (χ4v) is 3.22. The Morgan fingerprint density at radius 3 is 2.26 bits per heavy atom. The molecule has 5 nitrogen and oxygen atoms in total. The summed E-state index contributed by atoms with van der Waals surface area (Å²) in [6, 6.07) is 16.7. The van der Waals surface area contributed by atoms with Crippen molar-refractivity contribution in [2.24, 2.45) is 0 Å². The molecule has 3 rings (SSSR count). The first-order chi connectivity index (χ1) is 13.0. The summed E-state index contributed by atoms with van der Waals surface area (Å²) in [5.41, 5.74) is 1.65. The van der Waals surface area contributed by atoms with Gasteiger partial charge in [-0.15, -0.1) is 0 Å². The summed E-state index contributed by atoms with van der Waals surface area (Å²) in [6.07, 6.45) is -0.811. The second-order valence-electron chi connectivity index (χ2n) is 6.64. The first kappa shape index (κ1) is 19.4. The molecule has 1 unspecified atom stereocenters. The van der Waals surface area contributed by atoms with Crippen molar-refractivity contribution in [1.82, 2.24) is 9.80 Å². The number of piperazine rings is 1. The Balaban J connectivity index is 1.48. The van der Waals surface area contributed by atoms with Crippen LogP contribution in [0.2, 0.25) is 5.02 Å². The van der Waals surface area contributed by atoms with Crippen LogP contribution in [0.3, 0.4) is 0 Å². The molecular weight excluding hydrogens is 364 g/mol. The van der Waals surface area contributed by atoms with Crippen LogP contribution in [0, 0.1) is 0 Å². The van der Waals surface area contributed by atoms with Crippen molar-refractivity contribution in [2.75, 3.05) is 26.2 Å². The maximum Gasteiger partial charge on any atom is 0.338 e. The van der Waals surface area contributed by atoms with Gasteiger partial charge in [-0.2, -0.15) is 0 Å². The summed E-state index contributed by atoms with van der Waals surface area (Å²) in [6.45, 7) is 5.37. The predicted molar refractivity (Wildman–Crippen MR) is 105 cm³/mol. The molecule has 0 bridgehead atoms. The Labute approximate surface area is 164 Å². The number of hydrogen-bond donors (Lipinski definition) is 0. The molecule has 27 heavy (non-hydrogen) atoms. The van der Waals surface area contributed by atoms with Crippen LogP contribution < -0.4 is 0 Å². The van der Waals surface area contributed by atoms with Gasteiger partial charge in [-0.1, -0.05) is 41.9 Å². The van der Waals surface area contributed by atoms with E-state index in [1.165, 1.54) is 5.56 Å². The molecule has 0 radical (unpaired) electrons. The monoisotopic (exact) mass is 386 g/mol. The number of nitrogens with zero attached hydrogens (tertiary/aromatic N) is 2. The van der Waals surface area contributed by atoms with Crippen LogP contribution >= 0.6 is 11.6 Å². The Hall–Kier alpha value is -2.37. The van der Waals surface area contributed by atoms with Crippen LogP contribution in [0.15, 0.2) is 54.6 Å². The third kappa shape index (κ3) is 5.31.